The van der Waals surface area contributed by atoms with Crippen LogP contribution in [0.5, 0.6) is 0 Å². The van der Waals surface area contributed by atoms with Gasteiger partial charge >= 0.3 is 0 Å². The molecule has 126 valence electrons. The molecule has 1 N–H and O–H groups in total. The Morgan fingerprint density at radius 1 is 1.04 bits per heavy atom. The minimum Gasteiger partial charge on any atom is -0.325 e. The van der Waals surface area contributed by atoms with Crippen molar-refractivity contribution in [2.45, 2.75) is 32.6 Å². The molecule has 1 heterocycles. The number of hydrogen-bond donors (Lipinski definition) is 1. The molecule has 0 spiro atoms. The lowest BCUT2D eigenvalue weighted by Gasteiger charge is -2.19. The average molecular weight is 328 g/mol. The third kappa shape index (κ3) is 3.09. The number of likely N-dealkylation sites (tertiary alicyclic amines) is 1. The molecule has 6 heteroatoms. The van der Waals surface area contributed by atoms with Gasteiger partial charge in [0.05, 0.1) is 11.8 Å². The van der Waals surface area contributed by atoms with Crippen molar-refractivity contribution in [2.75, 3.05) is 11.9 Å². The molecule has 2 unspecified atom stereocenters. The summed E-state index contributed by atoms with van der Waals surface area (Å²) in [4.78, 5) is 49.2. The van der Waals surface area contributed by atoms with Crippen molar-refractivity contribution in [3.8, 4) is 0 Å². The van der Waals surface area contributed by atoms with E-state index in [-0.39, 0.29) is 36.0 Å². The average Bonchev–Trinajstić information content (AvgIpc) is 2.81. The van der Waals surface area contributed by atoms with Crippen LogP contribution in [0, 0.1) is 11.8 Å². The van der Waals surface area contributed by atoms with E-state index in [2.05, 4.69) is 5.32 Å². The number of carbonyl (C=O) groups is 4. The Labute approximate surface area is 140 Å². The molecule has 0 aromatic heterocycles. The quantitative estimate of drug-likeness (QED) is 0.677. The van der Waals surface area contributed by atoms with Crippen LogP contribution in [0.15, 0.2) is 24.3 Å². The number of imide groups is 1. The second-order valence-corrected chi connectivity index (χ2v) is 6.44. The molecule has 6 nitrogen and oxygen atoms in total. The second-order valence-electron chi connectivity index (χ2n) is 6.44. The second kappa shape index (κ2) is 6.55. The first kappa shape index (κ1) is 16.4. The van der Waals surface area contributed by atoms with Crippen LogP contribution in [-0.4, -0.2) is 34.9 Å². The molecule has 2 atom stereocenters. The Hall–Kier alpha value is -2.50. The van der Waals surface area contributed by atoms with E-state index in [9.17, 15) is 19.2 Å². The normalized spacial score (nSPS) is 23.1. The van der Waals surface area contributed by atoms with E-state index in [0.717, 1.165) is 30.6 Å². The summed E-state index contributed by atoms with van der Waals surface area (Å²) in [7, 11) is 0. The van der Waals surface area contributed by atoms with Gasteiger partial charge in [0.1, 0.15) is 6.54 Å². The van der Waals surface area contributed by atoms with Crippen molar-refractivity contribution >= 4 is 29.2 Å². The van der Waals surface area contributed by atoms with Crippen LogP contribution in [-0.2, 0) is 14.4 Å². The third-order valence-electron chi connectivity index (χ3n) is 4.81. The largest absolute Gasteiger partial charge is 0.325 e. The highest BCUT2D eigenvalue weighted by Crippen LogP contribution is 2.37. The number of anilines is 1. The zero-order valence-electron chi connectivity index (χ0n) is 13.6. The SMILES string of the molecule is CC(=O)c1ccc(NC(=O)CN2C(=O)C3CCCCC3C2=O)cc1. The molecule has 0 radical (unpaired) electrons. The fraction of sp³-hybridized carbons (Fsp3) is 0.444. The molecule has 3 amide bonds. The van der Waals surface area contributed by atoms with Crippen LogP contribution >= 0.6 is 0 Å². The molecular weight excluding hydrogens is 308 g/mol. The molecule has 1 saturated carbocycles. The van der Waals surface area contributed by atoms with Crippen molar-refractivity contribution in [3.63, 3.8) is 0 Å². The Balaban J connectivity index is 1.63. The maximum Gasteiger partial charge on any atom is 0.244 e. The predicted octanol–water partition coefficient (Wildman–Crippen LogP) is 2.00. The van der Waals surface area contributed by atoms with Crippen LogP contribution < -0.4 is 5.32 Å². The highest BCUT2D eigenvalue weighted by Gasteiger charge is 2.48. The van der Waals surface area contributed by atoms with Gasteiger partial charge < -0.3 is 5.32 Å². The number of benzene rings is 1. The van der Waals surface area contributed by atoms with Gasteiger partial charge in [0.15, 0.2) is 5.78 Å². The summed E-state index contributed by atoms with van der Waals surface area (Å²) in [6.07, 6.45) is 3.39. The Kier molecular flexibility index (Phi) is 4.46. The molecule has 0 bridgehead atoms. The topological polar surface area (TPSA) is 83.6 Å². The first-order valence-corrected chi connectivity index (χ1v) is 8.23. The molecule has 24 heavy (non-hydrogen) atoms. The van der Waals surface area contributed by atoms with Crippen molar-refractivity contribution in [3.05, 3.63) is 29.8 Å². The smallest absolute Gasteiger partial charge is 0.244 e. The maximum absolute atomic E-state index is 12.3. The van der Waals surface area contributed by atoms with Crippen molar-refractivity contribution < 1.29 is 19.2 Å². The monoisotopic (exact) mass is 328 g/mol. The van der Waals surface area contributed by atoms with Gasteiger partial charge in [0.25, 0.3) is 0 Å². The number of nitrogens with one attached hydrogen (secondary N) is 1. The molecule has 1 aliphatic heterocycles. The van der Waals surface area contributed by atoms with Crippen LogP contribution in [0.25, 0.3) is 0 Å². The Morgan fingerprint density at radius 2 is 1.58 bits per heavy atom. The fourth-order valence-corrected chi connectivity index (χ4v) is 3.52. The molecule has 1 aliphatic carbocycles. The zero-order valence-corrected chi connectivity index (χ0v) is 13.6. The summed E-state index contributed by atoms with van der Waals surface area (Å²) in [5.41, 5.74) is 1.09. The van der Waals surface area contributed by atoms with Crippen LogP contribution in [0.2, 0.25) is 0 Å². The summed E-state index contributed by atoms with van der Waals surface area (Å²) < 4.78 is 0. The van der Waals surface area contributed by atoms with Gasteiger partial charge in [0, 0.05) is 11.3 Å². The van der Waals surface area contributed by atoms with Crippen molar-refractivity contribution in [1.29, 1.82) is 0 Å². The number of Topliss-reactive ketones (excluding diaryl/α,β-unsaturated/α-hetero) is 1. The first-order chi connectivity index (χ1) is 11.5. The third-order valence-corrected chi connectivity index (χ3v) is 4.81. The van der Waals surface area contributed by atoms with Crippen LogP contribution in [0.3, 0.4) is 0 Å². The minimum atomic E-state index is -0.411. The Bertz CT molecular complexity index is 671. The van der Waals surface area contributed by atoms with Gasteiger partial charge in [0.2, 0.25) is 17.7 Å². The summed E-state index contributed by atoms with van der Waals surface area (Å²) in [6.45, 7) is 1.22. The number of hydrogen-bond acceptors (Lipinski definition) is 4. The Morgan fingerprint density at radius 3 is 2.08 bits per heavy atom. The number of nitrogens with zero attached hydrogens (tertiary/aromatic N) is 1. The molecular formula is C18H20N2O4. The lowest BCUT2D eigenvalue weighted by molar-refractivity contribution is -0.142. The molecule has 3 rings (SSSR count). The molecule has 1 saturated heterocycles. The summed E-state index contributed by atoms with van der Waals surface area (Å²) in [6, 6.07) is 6.50. The van der Waals surface area contributed by atoms with Crippen LogP contribution in [0.1, 0.15) is 43.0 Å². The van der Waals surface area contributed by atoms with Crippen molar-refractivity contribution in [2.24, 2.45) is 11.8 Å². The first-order valence-electron chi connectivity index (χ1n) is 8.23. The molecule has 1 aromatic rings. The predicted molar refractivity (Wildman–Crippen MR) is 87.2 cm³/mol. The van der Waals surface area contributed by atoms with Gasteiger partial charge in [-0.15, -0.1) is 0 Å². The van der Waals surface area contributed by atoms with E-state index in [1.165, 1.54) is 6.92 Å². The number of carbonyl (C=O) groups excluding carboxylic acids is 4. The standard InChI is InChI=1S/C18H20N2O4/c1-11(21)12-6-8-13(9-7-12)19-16(22)10-20-17(23)14-4-2-3-5-15(14)18(20)24/h6-9,14-15H,2-5,10H2,1H3,(H,19,22). The van der Waals surface area contributed by atoms with E-state index in [4.69, 9.17) is 0 Å². The minimum absolute atomic E-state index is 0.0521. The molecule has 1 aromatic carbocycles. The highest BCUT2D eigenvalue weighted by atomic mass is 16.2. The fourth-order valence-electron chi connectivity index (χ4n) is 3.52. The van der Waals surface area contributed by atoms with E-state index in [1.807, 2.05) is 0 Å². The highest BCUT2D eigenvalue weighted by molar-refractivity contribution is 6.08. The van der Waals surface area contributed by atoms with E-state index in [1.54, 1.807) is 24.3 Å². The summed E-state index contributed by atoms with van der Waals surface area (Å²) in [5.74, 6) is -1.38. The number of amides is 3. The lowest BCUT2D eigenvalue weighted by Crippen LogP contribution is -2.38. The van der Waals surface area contributed by atoms with Gasteiger partial charge in [-0.2, -0.15) is 0 Å². The zero-order chi connectivity index (χ0) is 17.3. The van der Waals surface area contributed by atoms with Gasteiger partial charge in [-0.25, -0.2) is 0 Å². The van der Waals surface area contributed by atoms with E-state index < -0.39 is 5.91 Å². The summed E-state index contributed by atoms with van der Waals surface area (Å²) >= 11 is 0. The molecule has 2 aliphatic rings. The molecule has 2 fully saturated rings. The van der Waals surface area contributed by atoms with E-state index >= 15 is 0 Å². The van der Waals surface area contributed by atoms with Gasteiger partial charge in [-0.05, 0) is 44.0 Å². The summed E-state index contributed by atoms with van der Waals surface area (Å²) in [5, 5.41) is 2.66. The number of rotatable bonds is 4. The van der Waals surface area contributed by atoms with Crippen LogP contribution in [0.4, 0.5) is 5.69 Å². The lowest BCUT2D eigenvalue weighted by atomic mass is 9.81. The van der Waals surface area contributed by atoms with Crippen molar-refractivity contribution in [1.82, 2.24) is 4.90 Å². The van der Waals surface area contributed by atoms with Gasteiger partial charge in [-0.3, -0.25) is 24.1 Å². The van der Waals surface area contributed by atoms with E-state index in [0.29, 0.717) is 11.3 Å². The number of ketones is 1. The maximum atomic E-state index is 12.3. The van der Waals surface area contributed by atoms with Gasteiger partial charge in [-0.1, -0.05) is 12.8 Å². The number of fused-ring (bicyclic) bond motifs is 1.